The number of rotatable bonds is 5. The third-order valence-corrected chi connectivity index (χ3v) is 3.30. The number of likely N-dealkylation sites (N-methyl/N-ethyl adjacent to an activating group) is 1. The smallest absolute Gasteiger partial charge is 0.307 e. The molecule has 6 heteroatoms. The average Bonchev–Trinajstić information content (AvgIpc) is 2.39. The van der Waals surface area contributed by atoms with Gasteiger partial charge in [0.25, 0.3) is 0 Å². The van der Waals surface area contributed by atoms with Crippen LogP contribution in [0.25, 0.3) is 0 Å². The number of ether oxygens (including phenoxy) is 1. The fourth-order valence-electron chi connectivity index (χ4n) is 1.86. The monoisotopic (exact) mass is 257 g/mol. The average molecular weight is 257 g/mol. The zero-order valence-electron chi connectivity index (χ0n) is 11.4. The molecule has 1 atom stereocenters. The minimum Gasteiger partial charge on any atom is -0.469 e. The molecule has 0 bridgehead atoms. The largest absolute Gasteiger partial charge is 0.469 e. The van der Waals surface area contributed by atoms with Gasteiger partial charge in [-0.1, -0.05) is 0 Å². The Hall–Kier alpha value is -1.14. The molecule has 6 nitrogen and oxygen atoms in total. The normalized spacial score (nSPS) is 17.7. The Kier molecular flexibility index (Phi) is 6.07. The van der Waals surface area contributed by atoms with Crippen molar-refractivity contribution in [1.29, 1.82) is 0 Å². The minimum absolute atomic E-state index is 0.00400. The van der Waals surface area contributed by atoms with E-state index in [2.05, 4.69) is 10.1 Å². The highest BCUT2D eigenvalue weighted by molar-refractivity contribution is 5.78. The summed E-state index contributed by atoms with van der Waals surface area (Å²) in [4.78, 5) is 26.9. The molecule has 1 aliphatic heterocycles. The van der Waals surface area contributed by atoms with Gasteiger partial charge in [-0.25, -0.2) is 0 Å². The number of amides is 1. The summed E-state index contributed by atoms with van der Waals surface area (Å²) in [6.07, 6.45) is 0.307. The molecule has 1 N–H and O–H groups in total. The summed E-state index contributed by atoms with van der Waals surface area (Å²) in [6.45, 7) is 5.50. The van der Waals surface area contributed by atoms with E-state index in [1.807, 2.05) is 23.8 Å². The van der Waals surface area contributed by atoms with Crippen LogP contribution in [0.15, 0.2) is 0 Å². The lowest BCUT2D eigenvalue weighted by atomic mass is 10.2. The lowest BCUT2D eigenvalue weighted by molar-refractivity contribution is -0.142. The Balaban J connectivity index is 2.35. The zero-order valence-corrected chi connectivity index (χ0v) is 11.4. The molecule has 0 saturated carbocycles. The summed E-state index contributed by atoms with van der Waals surface area (Å²) in [7, 11) is 3.23. The first-order chi connectivity index (χ1) is 8.54. The molecule has 1 unspecified atom stereocenters. The maximum atomic E-state index is 12.0. The molecule has 1 rings (SSSR count). The molecule has 0 spiro atoms. The number of carbonyl (C=O) groups excluding carboxylic acids is 2. The predicted molar refractivity (Wildman–Crippen MR) is 68.2 cm³/mol. The first-order valence-corrected chi connectivity index (χ1v) is 6.30. The van der Waals surface area contributed by atoms with Crippen molar-refractivity contribution in [3.05, 3.63) is 0 Å². The number of methoxy groups -OCH3 is 1. The van der Waals surface area contributed by atoms with Crippen LogP contribution in [0.3, 0.4) is 0 Å². The molecule has 1 fully saturated rings. The Morgan fingerprint density at radius 2 is 2.00 bits per heavy atom. The van der Waals surface area contributed by atoms with E-state index in [0.717, 1.165) is 26.2 Å². The standard InChI is InChI=1S/C12H23N3O3/c1-10(8-12(17)18-3)14(2)9-11(16)15-6-4-13-5-7-15/h10,13H,4-9H2,1-3H3. The van der Waals surface area contributed by atoms with Gasteiger partial charge in [-0.3, -0.25) is 14.5 Å². The third-order valence-electron chi connectivity index (χ3n) is 3.30. The lowest BCUT2D eigenvalue weighted by Gasteiger charge is -2.30. The van der Waals surface area contributed by atoms with Crippen molar-refractivity contribution < 1.29 is 14.3 Å². The van der Waals surface area contributed by atoms with Crippen molar-refractivity contribution in [2.24, 2.45) is 0 Å². The fourth-order valence-corrected chi connectivity index (χ4v) is 1.86. The van der Waals surface area contributed by atoms with Crippen molar-refractivity contribution >= 4 is 11.9 Å². The van der Waals surface area contributed by atoms with E-state index in [9.17, 15) is 9.59 Å². The molecule has 1 amide bonds. The van der Waals surface area contributed by atoms with Crippen molar-refractivity contribution in [2.75, 3.05) is 46.9 Å². The minimum atomic E-state index is -0.246. The number of hydrogen-bond acceptors (Lipinski definition) is 5. The van der Waals surface area contributed by atoms with Crippen LogP contribution in [-0.2, 0) is 14.3 Å². The van der Waals surface area contributed by atoms with E-state index >= 15 is 0 Å². The summed E-state index contributed by atoms with van der Waals surface area (Å²) in [6, 6.07) is 0.00400. The van der Waals surface area contributed by atoms with Crippen molar-refractivity contribution in [3.63, 3.8) is 0 Å². The number of piperazine rings is 1. The van der Waals surface area contributed by atoms with E-state index in [1.54, 1.807) is 0 Å². The van der Waals surface area contributed by atoms with Crippen molar-refractivity contribution in [1.82, 2.24) is 15.1 Å². The van der Waals surface area contributed by atoms with Gasteiger partial charge < -0.3 is 15.0 Å². The predicted octanol–water partition coefficient (Wildman–Crippen LogP) is -0.698. The molecule has 104 valence electrons. The van der Waals surface area contributed by atoms with Gasteiger partial charge in [-0.2, -0.15) is 0 Å². The van der Waals surface area contributed by atoms with Crippen LogP contribution >= 0.6 is 0 Å². The summed E-state index contributed by atoms with van der Waals surface area (Å²) in [5.41, 5.74) is 0. The van der Waals surface area contributed by atoms with Crippen LogP contribution in [0.4, 0.5) is 0 Å². The van der Waals surface area contributed by atoms with Crippen molar-refractivity contribution in [2.45, 2.75) is 19.4 Å². The van der Waals surface area contributed by atoms with Crippen LogP contribution < -0.4 is 5.32 Å². The Labute approximate surface area is 108 Å². The SMILES string of the molecule is COC(=O)CC(C)N(C)CC(=O)N1CCNCC1. The second-order valence-corrected chi connectivity index (χ2v) is 4.68. The maximum Gasteiger partial charge on any atom is 0.307 e. The number of carbonyl (C=O) groups is 2. The molecule has 0 aromatic rings. The van der Waals surface area contributed by atoms with E-state index in [1.165, 1.54) is 7.11 Å². The van der Waals surface area contributed by atoms with Gasteiger partial charge in [0, 0.05) is 32.2 Å². The van der Waals surface area contributed by atoms with Crippen LogP contribution in [-0.4, -0.2) is 74.6 Å². The Morgan fingerprint density at radius 1 is 1.39 bits per heavy atom. The number of nitrogens with zero attached hydrogens (tertiary/aromatic N) is 2. The van der Waals surface area contributed by atoms with Gasteiger partial charge in [0.2, 0.25) is 5.91 Å². The number of esters is 1. The van der Waals surface area contributed by atoms with Crippen molar-refractivity contribution in [3.8, 4) is 0 Å². The second kappa shape index (κ2) is 7.33. The number of nitrogens with one attached hydrogen (secondary N) is 1. The topological polar surface area (TPSA) is 61.9 Å². The highest BCUT2D eigenvalue weighted by atomic mass is 16.5. The second-order valence-electron chi connectivity index (χ2n) is 4.68. The summed E-state index contributed by atoms with van der Waals surface area (Å²) in [5, 5.41) is 3.21. The highest BCUT2D eigenvalue weighted by Crippen LogP contribution is 2.04. The number of hydrogen-bond donors (Lipinski definition) is 1. The van der Waals surface area contributed by atoms with Gasteiger partial charge in [0.05, 0.1) is 20.1 Å². The Bertz CT molecular complexity index is 290. The lowest BCUT2D eigenvalue weighted by Crippen LogP contribution is -2.50. The summed E-state index contributed by atoms with van der Waals surface area (Å²) < 4.78 is 4.62. The molecule has 0 aliphatic carbocycles. The Morgan fingerprint density at radius 3 is 2.56 bits per heavy atom. The molecule has 0 aromatic heterocycles. The van der Waals surface area contributed by atoms with Gasteiger partial charge in [0.15, 0.2) is 0 Å². The van der Waals surface area contributed by atoms with E-state index in [0.29, 0.717) is 13.0 Å². The molecule has 0 radical (unpaired) electrons. The molecule has 0 aromatic carbocycles. The first-order valence-electron chi connectivity index (χ1n) is 6.30. The van der Waals surface area contributed by atoms with E-state index in [4.69, 9.17) is 0 Å². The molecule has 1 heterocycles. The van der Waals surface area contributed by atoms with Crippen LogP contribution in [0.2, 0.25) is 0 Å². The van der Waals surface area contributed by atoms with Gasteiger partial charge >= 0.3 is 5.97 Å². The van der Waals surface area contributed by atoms with Crippen LogP contribution in [0.5, 0.6) is 0 Å². The quantitative estimate of drug-likeness (QED) is 0.660. The molecular weight excluding hydrogens is 234 g/mol. The first kappa shape index (κ1) is 14.9. The fraction of sp³-hybridized carbons (Fsp3) is 0.833. The van der Waals surface area contributed by atoms with Crippen LogP contribution in [0.1, 0.15) is 13.3 Å². The third kappa shape index (κ3) is 4.62. The van der Waals surface area contributed by atoms with Gasteiger partial charge in [-0.15, -0.1) is 0 Å². The van der Waals surface area contributed by atoms with Gasteiger partial charge in [-0.05, 0) is 14.0 Å². The molecule has 1 aliphatic rings. The summed E-state index contributed by atoms with van der Waals surface area (Å²) in [5.74, 6) is -0.125. The maximum absolute atomic E-state index is 12.0. The van der Waals surface area contributed by atoms with Crippen LogP contribution in [0, 0.1) is 0 Å². The summed E-state index contributed by atoms with van der Waals surface area (Å²) >= 11 is 0. The van der Waals surface area contributed by atoms with E-state index < -0.39 is 0 Å². The van der Waals surface area contributed by atoms with Gasteiger partial charge in [0.1, 0.15) is 0 Å². The molecule has 18 heavy (non-hydrogen) atoms. The molecular formula is C12H23N3O3. The van der Waals surface area contributed by atoms with E-state index in [-0.39, 0.29) is 17.9 Å². The zero-order chi connectivity index (χ0) is 13.5. The highest BCUT2D eigenvalue weighted by Gasteiger charge is 2.21. The molecule has 1 saturated heterocycles.